The summed E-state index contributed by atoms with van der Waals surface area (Å²) in [6.45, 7) is 5.21. The van der Waals surface area contributed by atoms with E-state index in [2.05, 4.69) is 47.7 Å². The largest absolute Gasteiger partial charge is 0.331 e. The Balaban J connectivity index is 1.99. The van der Waals surface area contributed by atoms with Gasteiger partial charge in [0, 0.05) is 25.6 Å². The summed E-state index contributed by atoms with van der Waals surface area (Å²) in [6, 6.07) is 8.88. The van der Waals surface area contributed by atoms with Gasteiger partial charge < -0.3 is 10.3 Å². The fourth-order valence-corrected chi connectivity index (χ4v) is 3.80. The molecule has 21 heavy (non-hydrogen) atoms. The number of likely N-dealkylation sites (tertiary alicyclic amines) is 1. The number of likely N-dealkylation sites (N-methyl/N-ethyl adjacent to an activating group) is 1. The summed E-state index contributed by atoms with van der Waals surface area (Å²) in [7, 11) is 2.12. The van der Waals surface area contributed by atoms with Gasteiger partial charge in [-0.1, -0.05) is 25.5 Å². The lowest BCUT2D eigenvalue weighted by Gasteiger charge is -2.39. The number of piperidine rings is 1. The average molecular weight is 286 g/mol. The summed E-state index contributed by atoms with van der Waals surface area (Å²) >= 11 is 0. The number of aromatic nitrogens is 2. The zero-order valence-corrected chi connectivity index (χ0v) is 13.1. The third-order valence-corrected chi connectivity index (χ3v) is 4.94. The molecule has 1 aliphatic rings. The number of nitrogens with zero attached hydrogens (tertiary/aromatic N) is 3. The summed E-state index contributed by atoms with van der Waals surface area (Å²) in [4.78, 5) is 7.47. The van der Waals surface area contributed by atoms with Crippen molar-refractivity contribution in [2.24, 2.45) is 12.8 Å². The number of rotatable bonds is 4. The van der Waals surface area contributed by atoms with Crippen LogP contribution in [0.25, 0.3) is 11.0 Å². The maximum atomic E-state index is 6.16. The Labute approximate surface area is 126 Å². The average Bonchev–Trinajstić information content (AvgIpc) is 2.86. The highest BCUT2D eigenvalue weighted by molar-refractivity contribution is 5.75. The highest BCUT2D eigenvalue weighted by Gasteiger charge is 2.32. The predicted molar refractivity (Wildman–Crippen MR) is 87.4 cm³/mol. The fraction of sp³-hybridized carbons (Fsp3) is 0.588. The molecule has 4 heteroatoms. The molecule has 3 rings (SSSR count). The standard InChI is InChI=1S/C17H26N4/c1-3-21-11-7-6-9-15(21)13(12-18)17-19-14-8-4-5-10-16(14)20(17)2/h4-5,8,10,13,15H,3,6-7,9,11-12,18H2,1-2H3. The maximum Gasteiger partial charge on any atom is 0.115 e. The van der Waals surface area contributed by atoms with Crippen molar-refractivity contribution >= 4 is 11.0 Å². The van der Waals surface area contributed by atoms with Crippen LogP contribution in [-0.2, 0) is 7.05 Å². The Morgan fingerprint density at radius 3 is 2.86 bits per heavy atom. The zero-order valence-electron chi connectivity index (χ0n) is 13.1. The minimum atomic E-state index is 0.322. The van der Waals surface area contributed by atoms with Crippen LogP contribution in [0.15, 0.2) is 24.3 Å². The van der Waals surface area contributed by atoms with Crippen LogP contribution < -0.4 is 5.73 Å². The van der Waals surface area contributed by atoms with E-state index in [0.717, 1.165) is 17.9 Å². The minimum Gasteiger partial charge on any atom is -0.331 e. The first-order chi connectivity index (χ1) is 10.3. The van der Waals surface area contributed by atoms with Crippen molar-refractivity contribution in [1.29, 1.82) is 0 Å². The number of benzene rings is 1. The quantitative estimate of drug-likeness (QED) is 0.939. The van der Waals surface area contributed by atoms with Gasteiger partial charge in [0.1, 0.15) is 5.82 Å². The van der Waals surface area contributed by atoms with Crippen molar-refractivity contribution in [1.82, 2.24) is 14.5 Å². The van der Waals surface area contributed by atoms with E-state index in [1.807, 2.05) is 0 Å². The van der Waals surface area contributed by atoms with Crippen LogP contribution in [0.5, 0.6) is 0 Å². The molecule has 4 nitrogen and oxygen atoms in total. The molecule has 0 spiro atoms. The van der Waals surface area contributed by atoms with Gasteiger partial charge in [-0.25, -0.2) is 4.98 Å². The number of aryl methyl sites for hydroxylation is 1. The molecule has 114 valence electrons. The SMILES string of the molecule is CCN1CCCCC1C(CN)c1nc2ccccc2n1C. The number of para-hydroxylation sites is 2. The summed E-state index contributed by atoms with van der Waals surface area (Å²) in [6.07, 6.45) is 3.85. The minimum absolute atomic E-state index is 0.322. The van der Waals surface area contributed by atoms with E-state index in [1.54, 1.807) is 0 Å². The van der Waals surface area contributed by atoms with Crippen LogP contribution in [0.2, 0.25) is 0 Å². The molecule has 0 aliphatic carbocycles. The first-order valence-corrected chi connectivity index (χ1v) is 8.11. The zero-order chi connectivity index (χ0) is 14.8. The Morgan fingerprint density at radius 2 is 2.14 bits per heavy atom. The first-order valence-electron chi connectivity index (χ1n) is 8.11. The molecule has 0 amide bonds. The summed E-state index contributed by atoms with van der Waals surface area (Å²) in [5.74, 6) is 1.46. The fourth-order valence-electron chi connectivity index (χ4n) is 3.80. The predicted octanol–water partition coefficient (Wildman–Crippen LogP) is 2.49. The second-order valence-electron chi connectivity index (χ2n) is 6.05. The normalized spacial score (nSPS) is 21.8. The van der Waals surface area contributed by atoms with Crippen molar-refractivity contribution in [2.45, 2.75) is 38.1 Å². The lowest BCUT2D eigenvalue weighted by atomic mass is 9.89. The van der Waals surface area contributed by atoms with Crippen molar-refractivity contribution in [3.05, 3.63) is 30.1 Å². The van der Waals surface area contributed by atoms with Crippen LogP contribution in [-0.4, -0.2) is 40.1 Å². The number of hydrogen-bond acceptors (Lipinski definition) is 3. The van der Waals surface area contributed by atoms with Crippen molar-refractivity contribution in [3.8, 4) is 0 Å². The summed E-state index contributed by atoms with van der Waals surface area (Å²) < 4.78 is 2.23. The molecule has 1 fully saturated rings. The van der Waals surface area contributed by atoms with Gasteiger partial charge in [0.05, 0.1) is 11.0 Å². The van der Waals surface area contributed by atoms with Gasteiger partial charge in [-0.15, -0.1) is 0 Å². The van der Waals surface area contributed by atoms with E-state index < -0.39 is 0 Å². The van der Waals surface area contributed by atoms with E-state index in [1.165, 1.54) is 31.3 Å². The second-order valence-corrected chi connectivity index (χ2v) is 6.05. The Morgan fingerprint density at radius 1 is 1.33 bits per heavy atom. The monoisotopic (exact) mass is 286 g/mol. The highest BCUT2D eigenvalue weighted by atomic mass is 15.2. The third kappa shape index (κ3) is 2.58. The van der Waals surface area contributed by atoms with E-state index >= 15 is 0 Å². The maximum absolute atomic E-state index is 6.16. The van der Waals surface area contributed by atoms with Gasteiger partial charge in [-0.2, -0.15) is 0 Å². The van der Waals surface area contributed by atoms with E-state index in [9.17, 15) is 0 Å². The Hall–Kier alpha value is -1.39. The van der Waals surface area contributed by atoms with E-state index in [-0.39, 0.29) is 0 Å². The molecule has 1 aliphatic heterocycles. The summed E-state index contributed by atoms with van der Waals surface area (Å²) in [5.41, 5.74) is 8.44. The lowest BCUT2D eigenvalue weighted by molar-refractivity contribution is 0.130. The molecule has 2 N–H and O–H groups in total. The molecule has 0 saturated carbocycles. The van der Waals surface area contributed by atoms with Gasteiger partial charge in [0.2, 0.25) is 0 Å². The van der Waals surface area contributed by atoms with Crippen molar-refractivity contribution in [3.63, 3.8) is 0 Å². The number of nitrogens with two attached hydrogens (primary N) is 1. The van der Waals surface area contributed by atoms with Crippen LogP contribution >= 0.6 is 0 Å². The van der Waals surface area contributed by atoms with Crippen LogP contribution in [0.3, 0.4) is 0 Å². The molecule has 0 radical (unpaired) electrons. The molecular formula is C17H26N4. The topological polar surface area (TPSA) is 47.1 Å². The molecule has 1 aromatic heterocycles. The van der Waals surface area contributed by atoms with Crippen molar-refractivity contribution < 1.29 is 0 Å². The molecule has 0 bridgehead atoms. The van der Waals surface area contributed by atoms with E-state index in [0.29, 0.717) is 18.5 Å². The molecular weight excluding hydrogens is 260 g/mol. The third-order valence-electron chi connectivity index (χ3n) is 4.94. The molecule has 2 unspecified atom stereocenters. The van der Waals surface area contributed by atoms with Gasteiger partial charge in [0.15, 0.2) is 0 Å². The summed E-state index contributed by atoms with van der Waals surface area (Å²) in [5, 5.41) is 0. The van der Waals surface area contributed by atoms with Crippen molar-refractivity contribution in [2.75, 3.05) is 19.6 Å². The Bertz CT molecular complexity index is 604. The molecule has 1 aromatic carbocycles. The highest BCUT2D eigenvalue weighted by Crippen LogP contribution is 2.30. The van der Waals surface area contributed by atoms with Gasteiger partial charge >= 0.3 is 0 Å². The number of imidazole rings is 1. The molecule has 2 heterocycles. The lowest BCUT2D eigenvalue weighted by Crippen LogP contribution is -2.45. The Kier molecular flexibility index (Phi) is 4.27. The van der Waals surface area contributed by atoms with Gasteiger partial charge in [-0.3, -0.25) is 4.90 Å². The molecule has 1 saturated heterocycles. The van der Waals surface area contributed by atoms with E-state index in [4.69, 9.17) is 10.7 Å². The van der Waals surface area contributed by atoms with Crippen LogP contribution in [0.1, 0.15) is 37.9 Å². The van der Waals surface area contributed by atoms with Gasteiger partial charge in [-0.05, 0) is 38.1 Å². The van der Waals surface area contributed by atoms with Crippen LogP contribution in [0.4, 0.5) is 0 Å². The first kappa shape index (κ1) is 14.5. The molecule has 2 aromatic rings. The van der Waals surface area contributed by atoms with Gasteiger partial charge in [0.25, 0.3) is 0 Å². The number of fused-ring (bicyclic) bond motifs is 1. The smallest absolute Gasteiger partial charge is 0.115 e. The van der Waals surface area contributed by atoms with Crippen LogP contribution in [0, 0.1) is 0 Å². The second kappa shape index (κ2) is 6.16. The number of hydrogen-bond donors (Lipinski definition) is 1. The molecule has 2 atom stereocenters.